The van der Waals surface area contributed by atoms with E-state index >= 15 is 0 Å². The molecule has 0 aliphatic carbocycles. The highest BCUT2D eigenvalue weighted by Crippen LogP contribution is 2.23. The first-order valence-electron chi connectivity index (χ1n) is 4.68. The summed E-state index contributed by atoms with van der Waals surface area (Å²) < 4.78 is 5.23. The van der Waals surface area contributed by atoms with Crippen molar-refractivity contribution in [2.24, 2.45) is 0 Å². The van der Waals surface area contributed by atoms with Gasteiger partial charge in [0.15, 0.2) is 0 Å². The first-order valence-corrected chi connectivity index (χ1v) is 6.96. The van der Waals surface area contributed by atoms with Crippen LogP contribution in [0.5, 0.6) is 5.75 Å². The summed E-state index contributed by atoms with van der Waals surface area (Å²) in [5.74, 6) is 2.24. The molecule has 14 heavy (non-hydrogen) atoms. The van der Waals surface area contributed by atoms with Crippen LogP contribution in [0.25, 0.3) is 0 Å². The maximum absolute atomic E-state index is 5.23. The lowest BCUT2D eigenvalue weighted by atomic mass is 10.4. The van der Waals surface area contributed by atoms with Crippen LogP contribution in [0.4, 0.5) is 0 Å². The summed E-state index contributed by atoms with van der Waals surface area (Å²) in [7, 11) is 1.72. The van der Waals surface area contributed by atoms with Gasteiger partial charge in [0, 0.05) is 6.54 Å². The van der Waals surface area contributed by atoms with Gasteiger partial charge in [-0.25, -0.2) is 0 Å². The average Bonchev–Trinajstić information content (AvgIpc) is 2.65. The minimum absolute atomic E-state index is 0.926. The van der Waals surface area contributed by atoms with E-state index in [1.807, 2.05) is 17.8 Å². The van der Waals surface area contributed by atoms with Crippen LogP contribution in [0.1, 0.15) is 11.3 Å². The topological polar surface area (TPSA) is 21.3 Å². The maximum atomic E-state index is 5.23. The van der Waals surface area contributed by atoms with Crippen molar-refractivity contribution in [1.82, 2.24) is 5.32 Å². The number of nitrogens with one attached hydrogen (secondary N) is 1. The SMILES string of the molecule is COc1ccsc1CNCCCSC. The Morgan fingerprint density at radius 3 is 3.14 bits per heavy atom. The number of ether oxygens (including phenoxy) is 1. The van der Waals surface area contributed by atoms with Crippen LogP contribution in [0.3, 0.4) is 0 Å². The van der Waals surface area contributed by atoms with Crippen molar-refractivity contribution in [1.29, 1.82) is 0 Å². The lowest BCUT2D eigenvalue weighted by Gasteiger charge is -2.04. The first-order chi connectivity index (χ1) is 6.88. The standard InChI is InChI=1S/C10H17NOS2/c1-12-9-4-7-14-10(9)8-11-5-3-6-13-2/h4,7,11H,3,5-6,8H2,1-2H3. The normalized spacial score (nSPS) is 10.4. The van der Waals surface area contributed by atoms with Crippen molar-refractivity contribution >= 4 is 23.1 Å². The van der Waals surface area contributed by atoms with E-state index in [1.165, 1.54) is 17.1 Å². The van der Waals surface area contributed by atoms with Gasteiger partial charge in [0.2, 0.25) is 0 Å². The zero-order valence-corrected chi connectivity index (χ0v) is 10.3. The molecular weight excluding hydrogens is 214 g/mol. The first kappa shape index (κ1) is 11.9. The highest BCUT2D eigenvalue weighted by Gasteiger charge is 2.02. The zero-order chi connectivity index (χ0) is 10.2. The van der Waals surface area contributed by atoms with E-state index in [-0.39, 0.29) is 0 Å². The molecule has 1 aromatic heterocycles. The van der Waals surface area contributed by atoms with Crippen LogP contribution >= 0.6 is 23.1 Å². The molecule has 0 saturated carbocycles. The van der Waals surface area contributed by atoms with Gasteiger partial charge in [0.1, 0.15) is 5.75 Å². The van der Waals surface area contributed by atoms with Crippen LogP contribution in [0.15, 0.2) is 11.4 Å². The van der Waals surface area contributed by atoms with Gasteiger partial charge in [0.05, 0.1) is 12.0 Å². The molecule has 1 aromatic rings. The molecule has 2 nitrogen and oxygen atoms in total. The number of thiophene rings is 1. The van der Waals surface area contributed by atoms with E-state index in [4.69, 9.17) is 4.74 Å². The number of methoxy groups -OCH3 is 1. The Hall–Kier alpha value is -0.190. The van der Waals surface area contributed by atoms with E-state index in [0.717, 1.165) is 18.8 Å². The minimum Gasteiger partial charge on any atom is -0.496 e. The van der Waals surface area contributed by atoms with Crippen LogP contribution in [0.2, 0.25) is 0 Å². The highest BCUT2D eigenvalue weighted by atomic mass is 32.2. The molecule has 0 aliphatic rings. The molecule has 0 saturated heterocycles. The van der Waals surface area contributed by atoms with Gasteiger partial charge in [-0.15, -0.1) is 11.3 Å². The molecule has 0 bridgehead atoms. The molecule has 0 fully saturated rings. The number of thioether (sulfide) groups is 1. The van der Waals surface area contributed by atoms with E-state index in [9.17, 15) is 0 Å². The summed E-state index contributed by atoms with van der Waals surface area (Å²) in [4.78, 5) is 1.29. The summed E-state index contributed by atoms with van der Waals surface area (Å²) in [5, 5.41) is 5.48. The van der Waals surface area contributed by atoms with Crippen LogP contribution < -0.4 is 10.1 Å². The predicted octanol–water partition coefficient (Wildman–Crippen LogP) is 2.60. The molecule has 0 amide bonds. The molecule has 0 spiro atoms. The fraction of sp³-hybridized carbons (Fsp3) is 0.600. The summed E-state index contributed by atoms with van der Waals surface area (Å²) in [6.45, 7) is 2.01. The molecule has 0 atom stereocenters. The van der Waals surface area contributed by atoms with E-state index in [2.05, 4.69) is 17.0 Å². The Bertz CT molecular complexity index is 250. The van der Waals surface area contributed by atoms with Gasteiger partial charge in [0.25, 0.3) is 0 Å². The summed E-state index contributed by atoms with van der Waals surface area (Å²) in [5.41, 5.74) is 0. The fourth-order valence-electron chi connectivity index (χ4n) is 1.18. The van der Waals surface area contributed by atoms with Gasteiger partial charge in [-0.1, -0.05) is 0 Å². The Labute approximate surface area is 94.0 Å². The minimum atomic E-state index is 0.926. The summed E-state index contributed by atoms with van der Waals surface area (Å²) in [6, 6.07) is 2.02. The molecule has 0 aromatic carbocycles. The second-order valence-electron chi connectivity index (χ2n) is 2.94. The van der Waals surface area contributed by atoms with Crippen LogP contribution in [-0.4, -0.2) is 25.7 Å². The number of hydrogen-bond donors (Lipinski definition) is 1. The molecule has 1 rings (SSSR count). The van der Waals surface area contributed by atoms with Gasteiger partial charge >= 0.3 is 0 Å². The third-order valence-electron chi connectivity index (χ3n) is 1.91. The Morgan fingerprint density at radius 1 is 1.57 bits per heavy atom. The molecule has 0 aliphatic heterocycles. The highest BCUT2D eigenvalue weighted by molar-refractivity contribution is 7.98. The van der Waals surface area contributed by atoms with E-state index in [1.54, 1.807) is 18.4 Å². The lowest BCUT2D eigenvalue weighted by Crippen LogP contribution is -2.14. The molecule has 0 radical (unpaired) electrons. The van der Waals surface area contributed by atoms with Crippen molar-refractivity contribution in [2.75, 3.05) is 25.7 Å². The Morgan fingerprint density at radius 2 is 2.43 bits per heavy atom. The third-order valence-corrected chi connectivity index (χ3v) is 3.51. The van der Waals surface area contributed by atoms with Gasteiger partial charge in [-0.3, -0.25) is 0 Å². The Balaban J connectivity index is 2.17. The van der Waals surface area contributed by atoms with E-state index in [0.29, 0.717) is 0 Å². The van der Waals surface area contributed by atoms with Crippen molar-refractivity contribution in [3.63, 3.8) is 0 Å². The molecule has 1 heterocycles. The second-order valence-corrected chi connectivity index (χ2v) is 4.92. The monoisotopic (exact) mass is 231 g/mol. The number of hydrogen-bond acceptors (Lipinski definition) is 4. The predicted molar refractivity (Wildman–Crippen MR) is 65.6 cm³/mol. The van der Waals surface area contributed by atoms with Crippen LogP contribution in [0, 0.1) is 0 Å². The van der Waals surface area contributed by atoms with Gasteiger partial charge in [-0.2, -0.15) is 11.8 Å². The lowest BCUT2D eigenvalue weighted by molar-refractivity contribution is 0.410. The average molecular weight is 231 g/mol. The van der Waals surface area contributed by atoms with Crippen molar-refractivity contribution in [3.05, 3.63) is 16.3 Å². The molecule has 4 heteroatoms. The fourth-order valence-corrected chi connectivity index (χ4v) is 2.42. The number of rotatable bonds is 7. The molecular formula is C10H17NOS2. The third kappa shape index (κ3) is 3.90. The van der Waals surface area contributed by atoms with Gasteiger partial charge < -0.3 is 10.1 Å². The molecule has 0 unspecified atom stereocenters. The van der Waals surface area contributed by atoms with E-state index < -0.39 is 0 Å². The van der Waals surface area contributed by atoms with Crippen molar-refractivity contribution < 1.29 is 4.74 Å². The zero-order valence-electron chi connectivity index (χ0n) is 8.71. The quantitative estimate of drug-likeness (QED) is 0.729. The largest absolute Gasteiger partial charge is 0.496 e. The molecule has 80 valence electrons. The van der Waals surface area contributed by atoms with Crippen molar-refractivity contribution in [2.45, 2.75) is 13.0 Å². The van der Waals surface area contributed by atoms with Crippen molar-refractivity contribution in [3.8, 4) is 5.75 Å². The Kier molecular flexibility index (Phi) is 6.07. The second kappa shape index (κ2) is 7.15. The summed E-state index contributed by atoms with van der Waals surface area (Å²) >= 11 is 3.64. The maximum Gasteiger partial charge on any atom is 0.134 e. The summed E-state index contributed by atoms with van der Waals surface area (Å²) in [6.07, 6.45) is 3.37. The van der Waals surface area contributed by atoms with Gasteiger partial charge in [-0.05, 0) is 36.4 Å². The smallest absolute Gasteiger partial charge is 0.134 e. The molecule has 1 N–H and O–H groups in total. The van der Waals surface area contributed by atoms with Crippen LogP contribution in [-0.2, 0) is 6.54 Å².